The van der Waals surface area contributed by atoms with Crippen molar-refractivity contribution in [2.75, 3.05) is 25.1 Å². The minimum atomic E-state index is 0.419. The maximum Gasteiger partial charge on any atom is 0.0408 e. The molecule has 0 amide bonds. The number of nitrogens with two attached hydrogens (primary N) is 1. The summed E-state index contributed by atoms with van der Waals surface area (Å²) in [6, 6.07) is 11.8. The van der Waals surface area contributed by atoms with Crippen LogP contribution in [0, 0.1) is 5.92 Å². The van der Waals surface area contributed by atoms with Gasteiger partial charge in [-0.1, -0.05) is 30.3 Å². The minimum Gasteiger partial charge on any atom is -0.300 e. The van der Waals surface area contributed by atoms with Gasteiger partial charge < -0.3 is 4.90 Å². The molecule has 3 rings (SSSR count). The van der Waals surface area contributed by atoms with Gasteiger partial charge >= 0.3 is 0 Å². The Bertz CT molecular complexity index is 411. The molecule has 1 aromatic rings. The summed E-state index contributed by atoms with van der Waals surface area (Å²) in [5.41, 5.74) is 4.58. The zero-order chi connectivity index (χ0) is 13.2. The van der Waals surface area contributed by atoms with Gasteiger partial charge in [0.15, 0.2) is 0 Å². The Labute approximate surface area is 119 Å². The molecular formula is C15H23N3S. The van der Waals surface area contributed by atoms with Crippen molar-refractivity contribution >= 4 is 11.8 Å². The lowest BCUT2D eigenvalue weighted by molar-refractivity contribution is 0.200. The highest BCUT2D eigenvalue weighted by atomic mass is 32.2. The SMILES string of the molecule is CN1CCSCC1C(NN)C1CC1c1ccccc1. The van der Waals surface area contributed by atoms with Gasteiger partial charge in [0.25, 0.3) is 0 Å². The summed E-state index contributed by atoms with van der Waals surface area (Å²) in [6.07, 6.45) is 1.27. The number of rotatable bonds is 4. The van der Waals surface area contributed by atoms with E-state index in [1.54, 1.807) is 0 Å². The van der Waals surface area contributed by atoms with E-state index in [9.17, 15) is 0 Å². The first kappa shape index (κ1) is 13.4. The second-order valence-electron chi connectivity index (χ2n) is 5.73. The standard InChI is InChI=1S/C15H23N3S/c1-18-7-8-19-10-14(18)15(17-16)13-9-12(13)11-5-3-2-4-6-11/h2-6,12-15,17H,7-10,16H2,1H3. The molecule has 0 spiro atoms. The number of hydrogen-bond donors (Lipinski definition) is 2. The second kappa shape index (κ2) is 5.83. The Morgan fingerprint density at radius 1 is 1.37 bits per heavy atom. The molecule has 4 unspecified atom stereocenters. The van der Waals surface area contributed by atoms with E-state index in [1.165, 1.54) is 30.0 Å². The molecule has 0 radical (unpaired) electrons. The van der Waals surface area contributed by atoms with Crippen molar-refractivity contribution in [3.05, 3.63) is 35.9 Å². The van der Waals surface area contributed by atoms with Crippen molar-refractivity contribution in [3.8, 4) is 0 Å². The van der Waals surface area contributed by atoms with Crippen molar-refractivity contribution in [2.45, 2.75) is 24.4 Å². The van der Waals surface area contributed by atoms with E-state index in [0.717, 1.165) is 0 Å². The highest BCUT2D eigenvalue weighted by molar-refractivity contribution is 7.99. The molecule has 19 heavy (non-hydrogen) atoms. The molecule has 1 saturated carbocycles. The zero-order valence-corrected chi connectivity index (χ0v) is 12.3. The molecule has 2 aliphatic rings. The van der Waals surface area contributed by atoms with Crippen molar-refractivity contribution in [2.24, 2.45) is 11.8 Å². The molecule has 1 heterocycles. The lowest BCUT2D eigenvalue weighted by atomic mass is 9.99. The molecule has 1 aliphatic heterocycles. The molecule has 1 aliphatic carbocycles. The summed E-state index contributed by atoms with van der Waals surface area (Å²) < 4.78 is 0. The number of thioether (sulfide) groups is 1. The Hall–Kier alpha value is -0.550. The third-order valence-corrected chi connectivity index (χ3v) is 5.63. The van der Waals surface area contributed by atoms with Gasteiger partial charge in [0.2, 0.25) is 0 Å². The number of benzene rings is 1. The molecule has 3 nitrogen and oxygen atoms in total. The van der Waals surface area contributed by atoms with E-state index in [-0.39, 0.29) is 0 Å². The summed E-state index contributed by atoms with van der Waals surface area (Å²) in [6.45, 7) is 1.18. The quantitative estimate of drug-likeness (QED) is 0.649. The molecule has 1 aromatic carbocycles. The first-order valence-electron chi connectivity index (χ1n) is 7.10. The third kappa shape index (κ3) is 2.82. The van der Waals surface area contributed by atoms with Crippen LogP contribution in [-0.2, 0) is 0 Å². The summed E-state index contributed by atoms with van der Waals surface area (Å²) in [7, 11) is 2.23. The zero-order valence-electron chi connectivity index (χ0n) is 11.5. The van der Waals surface area contributed by atoms with Crippen molar-refractivity contribution in [1.82, 2.24) is 10.3 Å². The van der Waals surface area contributed by atoms with E-state index in [2.05, 4.69) is 59.5 Å². The van der Waals surface area contributed by atoms with Gasteiger partial charge in [-0.2, -0.15) is 11.8 Å². The maximum absolute atomic E-state index is 5.86. The fraction of sp³-hybridized carbons (Fsp3) is 0.600. The number of nitrogens with one attached hydrogen (secondary N) is 1. The highest BCUT2D eigenvalue weighted by Gasteiger charge is 2.47. The van der Waals surface area contributed by atoms with Crippen LogP contribution in [0.1, 0.15) is 17.9 Å². The normalized spacial score (nSPS) is 33.1. The van der Waals surface area contributed by atoms with Crippen LogP contribution < -0.4 is 11.3 Å². The summed E-state index contributed by atoms with van der Waals surface area (Å²) in [4.78, 5) is 2.47. The van der Waals surface area contributed by atoms with Crippen LogP contribution in [0.15, 0.2) is 30.3 Å². The molecule has 0 aromatic heterocycles. The van der Waals surface area contributed by atoms with Gasteiger partial charge in [-0.15, -0.1) is 0 Å². The van der Waals surface area contributed by atoms with E-state index in [1.807, 2.05) is 0 Å². The minimum absolute atomic E-state index is 0.419. The summed E-state index contributed by atoms with van der Waals surface area (Å²) in [5, 5.41) is 0. The molecule has 1 saturated heterocycles. The van der Waals surface area contributed by atoms with Crippen LogP contribution in [0.5, 0.6) is 0 Å². The predicted octanol–water partition coefficient (Wildman–Crippen LogP) is 1.67. The summed E-state index contributed by atoms with van der Waals surface area (Å²) >= 11 is 2.06. The Kier molecular flexibility index (Phi) is 4.12. The van der Waals surface area contributed by atoms with Crippen LogP contribution in [0.25, 0.3) is 0 Å². The topological polar surface area (TPSA) is 41.3 Å². The molecule has 3 N–H and O–H groups in total. The maximum atomic E-state index is 5.86. The van der Waals surface area contributed by atoms with E-state index in [0.29, 0.717) is 23.9 Å². The average Bonchev–Trinajstić information content (AvgIpc) is 3.23. The van der Waals surface area contributed by atoms with Crippen LogP contribution in [0.2, 0.25) is 0 Å². The number of hydrogen-bond acceptors (Lipinski definition) is 4. The Morgan fingerprint density at radius 3 is 2.84 bits per heavy atom. The van der Waals surface area contributed by atoms with E-state index in [4.69, 9.17) is 5.84 Å². The van der Waals surface area contributed by atoms with Crippen LogP contribution in [-0.4, -0.2) is 42.1 Å². The second-order valence-corrected chi connectivity index (χ2v) is 6.88. The van der Waals surface area contributed by atoms with Crippen LogP contribution >= 0.6 is 11.8 Å². The van der Waals surface area contributed by atoms with Crippen molar-refractivity contribution in [3.63, 3.8) is 0 Å². The lowest BCUT2D eigenvalue weighted by Crippen LogP contribution is -2.55. The van der Waals surface area contributed by atoms with E-state index >= 15 is 0 Å². The highest BCUT2D eigenvalue weighted by Crippen LogP contribution is 2.50. The largest absolute Gasteiger partial charge is 0.300 e. The monoisotopic (exact) mass is 277 g/mol. The van der Waals surface area contributed by atoms with E-state index < -0.39 is 0 Å². The average molecular weight is 277 g/mol. The van der Waals surface area contributed by atoms with Gasteiger partial charge in [0, 0.05) is 30.1 Å². The first-order valence-corrected chi connectivity index (χ1v) is 8.26. The Morgan fingerprint density at radius 2 is 2.16 bits per heavy atom. The molecule has 0 bridgehead atoms. The van der Waals surface area contributed by atoms with Gasteiger partial charge in [-0.3, -0.25) is 11.3 Å². The third-order valence-electron chi connectivity index (χ3n) is 4.58. The molecule has 2 fully saturated rings. The van der Waals surface area contributed by atoms with Gasteiger partial charge in [0.05, 0.1) is 0 Å². The molecule has 104 valence electrons. The van der Waals surface area contributed by atoms with Gasteiger partial charge in [-0.25, -0.2) is 0 Å². The Balaban J connectivity index is 1.68. The molecular weight excluding hydrogens is 254 g/mol. The summed E-state index contributed by atoms with van der Waals surface area (Å²) in [5.74, 6) is 9.70. The molecule has 4 atom stereocenters. The van der Waals surface area contributed by atoms with Gasteiger partial charge in [-0.05, 0) is 30.9 Å². The van der Waals surface area contributed by atoms with Gasteiger partial charge in [0.1, 0.15) is 0 Å². The number of hydrazine groups is 1. The predicted molar refractivity (Wildman–Crippen MR) is 82.1 cm³/mol. The molecule has 4 heteroatoms. The smallest absolute Gasteiger partial charge is 0.0408 e. The van der Waals surface area contributed by atoms with Crippen LogP contribution in [0.3, 0.4) is 0 Å². The number of likely N-dealkylation sites (N-methyl/N-ethyl adjacent to an activating group) is 1. The number of nitrogens with zero attached hydrogens (tertiary/aromatic N) is 1. The lowest BCUT2D eigenvalue weighted by Gasteiger charge is -2.37. The fourth-order valence-electron chi connectivity index (χ4n) is 3.30. The fourth-order valence-corrected chi connectivity index (χ4v) is 4.59. The van der Waals surface area contributed by atoms with Crippen molar-refractivity contribution < 1.29 is 0 Å². The van der Waals surface area contributed by atoms with Crippen LogP contribution in [0.4, 0.5) is 0 Å². The first-order chi connectivity index (χ1) is 9.31. The van der Waals surface area contributed by atoms with Crippen molar-refractivity contribution in [1.29, 1.82) is 0 Å².